The van der Waals surface area contributed by atoms with Crippen LogP contribution in [0.5, 0.6) is 0 Å². The van der Waals surface area contributed by atoms with E-state index in [1.165, 1.54) is 6.07 Å². The van der Waals surface area contributed by atoms with Crippen LogP contribution in [0.15, 0.2) is 48.8 Å². The third-order valence-electron chi connectivity index (χ3n) is 7.19. The first-order valence-corrected chi connectivity index (χ1v) is 13.9. The monoisotopic (exact) mass is 549 g/mol. The molecular weight excluding hydrogens is 520 g/mol. The van der Waals surface area contributed by atoms with Crippen molar-refractivity contribution in [3.63, 3.8) is 0 Å². The van der Waals surface area contributed by atoms with Gasteiger partial charge in [0.2, 0.25) is 0 Å². The predicted octanol–water partition coefficient (Wildman–Crippen LogP) is 5.93. The van der Waals surface area contributed by atoms with Gasteiger partial charge in [-0.15, -0.1) is 11.3 Å². The molecule has 0 radical (unpaired) electrons. The SMILES string of the molecule is COCCNCc1ccc(-c2cc3nccc([C@H]4C[C@H]4c4ccc(NC(=O)NC5CC5)c(F)c4F)c3s2)nc1. The van der Waals surface area contributed by atoms with Crippen molar-refractivity contribution in [2.75, 3.05) is 25.6 Å². The van der Waals surface area contributed by atoms with Crippen LogP contribution in [-0.4, -0.2) is 42.3 Å². The van der Waals surface area contributed by atoms with Crippen LogP contribution in [0.1, 0.15) is 47.8 Å². The number of hydrogen-bond acceptors (Lipinski definition) is 6. The van der Waals surface area contributed by atoms with Crippen LogP contribution in [0, 0.1) is 11.6 Å². The van der Waals surface area contributed by atoms with Crippen molar-refractivity contribution in [3.05, 3.63) is 77.1 Å². The largest absolute Gasteiger partial charge is 0.383 e. The smallest absolute Gasteiger partial charge is 0.319 e. The van der Waals surface area contributed by atoms with E-state index in [-0.39, 0.29) is 23.6 Å². The number of rotatable bonds is 10. The van der Waals surface area contributed by atoms with Crippen LogP contribution in [0.4, 0.5) is 19.3 Å². The van der Waals surface area contributed by atoms with Gasteiger partial charge in [-0.25, -0.2) is 13.6 Å². The zero-order chi connectivity index (χ0) is 26.9. The Morgan fingerprint density at radius 2 is 1.92 bits per heavy atom. The molecule has 2 amide bonds. The third-order valence-corrected chi connectivity index (χ3v) is 8.39. The molecule has 10 heteroatoms. The lowest BCUT2D eigenvalue weighted by molar-refractivity contribution is 0.199. The zero-order valence-electron chi connectivity index (χ0n) is 21.5. The number of carbonyl (C=O) groups is 1. The third kappa shape index (κ3) is 5.63. The molecule has 3 aromatic heterocycles. The molecule has 2 fully saturated rings. The van der Waals surface area contributed by atoms with E-state index < -0.39 is 17.7 Å². The van der Waals surface area contributed by atoms with Gasteiger partial charge < -0.3 is 20.7 Å². The van der Waals surface area contributed by atoms with Gasteiger partial charge in [-0.3, -0.25) is 9.97 Å². The molecule has 2 saturated carbocycles. The minimum absolute atomic E-state index is 0.0707. The van der Waals surface area contributed by atoms with Crippen molar-refractivity contribution < 1.29 is 18.3 Å². The summed E-state index contributed by atoms with van der Waals surface area (Å²) in [4.78, 5) is 22.2. The summed E-state index contributed by atoms with van der Waals surface area (Å²) in [5, 5.41) is 8.46. The molecule has 2 aliphatic rings. The highest BCUT2D eigenvalue weighted by Gasteiger charge is 2.43. The van der Waals surface area contributed by atoms with Gasteiger partial charge in [-0.05, 0) is 72.1 Å². The maximum atomic E-state index is 15.1. The Labute approximate surface area is 229 Å². The van der Waals surface area contributed by atoms with Crippen LogP contribution in [0.2, 0.25) is 0 Å². The Morgan fingerprint density at radius 3 is 2.69 bits per heavy atom. The highest BCUT2D eigenvalue weighted by atomic mass is 32.1. The Bertz CT molecular complexity index is 1510. The fraction of sp³-hybridized carbons (Fsp3) is 0.345. The Morgan fingerprint density at radius 1 is 1.08 bits per heavy atom. The number of benzene rings is 1. The molecule has 1 aromatic carbocycles. The number of aromatic nitrogens is 2. The molecule has 39 heavy (non-hydrogen) atoms. The van der Waals surface area contributed by atoms with Gasteiger partial charge in [0, 0.05) is 38.6 Å². The van der Waals surface area contributed by atoms with Gasteiger partial charge in [0.1, 0.15) is 0 Å². The molecular formula is C29H29F2N5O2S. The summed E-state index contributed by atoms with van der Waals surface area (Å²) >= 11 is 1.62. The van der Waals surface area contributed by atoms with E-state index in [2.05, 4.69) is 32.0 Å². The predicted molar refractivity (Wildman–Crippen MR) is 148 cm³/mol. The van der Waals surface area contributed by atoms with Crippen LogP contribution in [0.25, 0.3) is 20.8 Å². The number of urea groups is 1. The first-order chi connectivity index (χ1) is 19.0. The Kier molecular flexibility index (Phi) is 7.24. The number of thiophene rings is 1. The lowest BCUT2D eigenvalue weighted by atomic mass is 10.0. The number of anilines is 1. The maximum absolute atomic E-state index is 15.1. The summed E-state index contributed by atoms with van der Waals surface area (Å²) in [6.45, 7) is 2.16. The van der Waals surface area contributed by atoms with Crippen LogP contribution >= 0.6 is 11.3 Å². The van der Waals surface area contributed by atoms with Gasteiger partial charge in [0.15, 0.2) is 11.6 Å². The number of ether oxygens (including phenoxy) is 1. The number of pyridine rings is 2. The Balaban J connectivity index is 1.17. The molecule has 7 nitrogen and oxygen atoms in total. The number of nitrogens with one attached hydrogen (secondary N) is 3. The molecule has 4 aromatic rings. The number of amides is 2. The summed E-state index contributed by atoms with van der Waals surface area (Å²) in [5.41, 5.74) is 4.12. The minimum Gasteiger partial charge on any atom is -0.383 e. The van der Waals surface area contributed by atoms with Crippen LogP contribution in [-0.2, 0) is 11.3 Å². The van der Waals surface area contributed by atoms with E-state index in [4.69, 9.17) is 4.74 Å². The molecule has 6 rings (SSSR count). The fourth-order valence-electron chi connectivity index (χ4n) is 4.86. The van der Waals surface area contributed by atoms with E-state index in [1.54, 1.807) is 30.7 Å². The normalized spacial score (nSPS) is 18.3. The molecule has 0 aliphatic heterocycles. The number of methoxy groups -OCH3 is 1. The number of fused-ring (bicyclic) bond motifs is 1. The average Bonchev–Trinajstić information content (AvgIpc) is 3.87. The molecule has 2 atom stereocenters. The van der Waals surface area contributed by atoms with Crippen molar-refractivity contribution >= 4 is 33.3 Å². The molecule has 3 N–H and O–H groups in total. The van der Waals surface area contributed by atoms with Gasteiger partial charge in [0.05, 0.1) is 33.1 Å². The second-order valence-corrected chi connectivity index (χ2v) is 11.2. The summed E-state index contributed by atoms with van der Waals surface area (Å²) in [6, 6.07) is 10.7. The summed E-state index contributed by atoms with van der Waals surface area (Å²) in [5.74, 6) is -1.98. The van der Waals surface area contributed by atoms with Gasteiger partial charge in [-0.1, -0.05) is 12.1 Å². The van der Waals surface area contributed by atoms with E-state index in [0.29, 0.717) is 12.2 Å². The number of nitrogens with zero attached hydrogens (tertiary/aromatic N) is 2. The number of halogens is 2. The number of carbonyl (C=O) groups excluding carboxylic acids is 1. The van der Waals surface area contributed by atoms with Gasteiger partial charge in [0.25, 0.3) is 0 Å². The average molecular weight is 550 g/mol. The van der Waals surface area contributed by atoms with Gasteiger partial charge >= 0.3 is 6.03 Å². The second kappa shape index (κ2) is 11.0. The highest BCUT2D eigenvalue weighted by Crippen LogP contribution is 2.57. The van der Waals surface area contributed by atoms with Gasteiger partial charge in [-0.2, -0.15) is 0 Å². The summed E-state index contributed by atoms with van der Waals surface area (Å²) in [7, 11) is 1.68. The van der Waals surface area contributed by atoms with Crippen molar-refractivity contribution in [2.24, 2.45) is 0 Å². The number of hydrogen-bond donors (Lipinski definition) is 3. The highest BCUT2D eigenvalue weighted by molar-refractivity contribution is 7.22. The van der Waals surface area contributed by atoms with Crippen LogP contribution < -0.4 is 16.0 Å². The standard InChI is InChI=1S/C29H29F2N5O2S/c1-38-11-10-32-14-16-2-6-22(34-15-16)25-13-24-28(39-25)19(8-9-33-24)21-12-20(21)18-5-7-23(27(31)26(18)30)36-29(37)35-17-3-4-17/h2,5-9,13,15,17,20-21,32H,3-4,10-12,14H2,1H3,(H2,35,36,37)/t20-,21+/m0/s1. The van der Waals surface area contributed by atoms with E-state index in [9.17, 15) is 9.18 Å². The second-order valence-electron chi connectivity index (χ2n) is 10.1. The molecule has 2 aliphatic carbocycles. The first kappa shape index (κ1) is 25.8. The fourth-order valence-corrected chi connectivity index (χ4v) is 6.03. The van der Waals surface area contributed by atoms with Crippen molar-refractivity contribution in [2.45, 2.75) is 43.7 Å². The first-order valence-electron chi connectivity index (χ1n) is 13.1. The molecule has 0 spiro atoms. The van der Waals surface area contributed by atoms with Crippen molar-refractivity contribution in [1.82, 2.24) is 20.6 Å². The summed E-state index contributed by atoms with van der Waals surface area (Å²) in [6.07, 6.45) is 6.19. The topological polar surface area (TPSA) is 88.2 Å². The van der Waals surface area contributed by atoms with E-state index in [1.807, 2.05) is 24.4 Å². The van der Waals surface area contributed by atoms with Crippen molar-refractivity contribution in [1.29, 1.82) is 0 Å². The van der Waals surface area contributed by atoms with Crippen LogP contribution in [0.3, 0.4) is 0 Å². The molecule has 0 bridgehead atoms. The zero-order valence-corrected chi connectivity index (χ0v) is 22.3. The minimum atomic E-state index is -1.02. The van der Waals surface area contributed by atoms with Crippen molar-refractivity contribution in [3.8, 4) is 10.6 Å². The quantitative estimate of drug-likeness (QED) is 0.214. The summed E-state index contributed by atoms with van der Waals surface area (Å²) < 4.78 is 36.0. The van der Waals surface area contributed by atoms with E-state index >= 15 is 4.39 Å². The molecule has 202 valence electrons. The molecule has 3 heterocycles. The molecule has 0 saturated heterocycles. The maximum Gasteiger partial charge on any atom is 0.319 e. The Hall–Kier alpha value is -3.47. The van der Waals surface area contributed by atoms with E-state index in [0.717, 1.165) is 64.3 Å². The lowest BCUT2D eigenvalue weighted by Crippen LogP contribution is -2.30. The molecule has 0 unspecified atom stereocenters. The lowest BCUT2D eigenvalue weighted by Gasteiger charge is -2.11.